The molecule has 28 heavy (non-hydrogen) atoms. The van der Waals surface area contributed by atoms with Crippen LogP contribution in [0.15, 0.2) is 0 Å². The van der Waals surface area contributed by atoms with Crippen molar-refractivity contribution in [2.75, 3.05) is 0 Å². The molecule has 16 heteroatoms. The van der Waals surface area contributed by atoms with Crippen molar-refractivity contribution in [3.05, 3.63) is 0 Å². The third kappa shape index (κ3) is 7410. The molecule has 0 aliphatic heterocycles. The van der Waals surface area contributed by atoms with Gasteiger partial charge in [0.1, 0.15) is 81.5 Å². The Labute approximate surface area is 218 Å². The van der Waals surface area contributed by atoms with E-state index in [2.05, 4.69) is 0 Å². The number of carbonyl (C=O) groups is 12. The summed E-state index contributed by atoms with van der Waals surface area (Å²) >= 11 is 0. The molecule has 0 N–H and O–H groups in total. The van der Waals surface area contributed by atoms with Gasteiger partial charge in [0, 0.05) is 0 Å². The van der Waals surface area contributed by atoms with E-state index in [1.165, 1.54) is 0 Å². The quantitative estimate of drug-likeness (QED) is 0.253. The van der Waals surface area contributed by atoms with Crippen LogP contribution in [0.1, 0.15) is 0 Å². The van der Waals surface area contributed by atoms with Crippen molar-refractivity contribution in [2.24, 2.45) is 0 Å². The van der Waals surface area contributed by atoms with Gasteiger partial charge in [0.05, 0.1) is 0 Å². The van der Waals surface area contributed by atoms with E-state index in [4.69, 9.17) is 57.5 Å². The third-order valence-corrected chi connectivity index (χ3v) is 0. The molecule has 0 unspecified atom stereocenters. The predicted molar refractivity (Wildman–Crippen MR) is 85.5 cm³/mol. The van der Waals surface area contributed by atoms with Gasteiger partial charge in [0.15, 0.2) is 0 Å². The fourth-order valence-corrected chi connectivity index (χ4v) is 0. The van der Waals surface area contributed by atoms with Crippen molar-refractivity contribution in [3.8, 4) is 0 Å². The fraction of sp³-hybridized carbons (Fsp3) is 0. The molecule has 0 rings (SSSR count). The maximum absolute atomic E-state index is 8.00. The minimum Gasteiger partial charge on any atom is -0.307 e. The van der Waals surface area contributed by atoms with Gasteiger partial charge in [-0.2, -0.15) is 0 Å². The van der Waals surface area contributed by atoms with Gasteiger partial charge in [-0.15, -0.1) is 0 Å². The molecular formula is C12H24Ir4O12+12. The number of hydrogen-bond donors (Lipinski definition) is 0. The Hall–Kier alpha value is -1.36. The third-order valence-electron chi connectivity index (χ3n) is 0. The Balaban J connectivity index is -0.00000000396. The molecule has 0 saturated heterocycles. The molecule has 0 aliphatic carbocycles. The van der Waals surface area contributed by atoms with Crippen molar-refractivity contribution in [2.45, 2.75) is 0 Å². The van der Waals surface area contributed by atoms with Crippen LogP contribution >= 0.6 is 0 Å². The topological polar surface area (TPSA) is 205 Å². The molecule has 0 aliphatic rings. The van der Waals surface area contributed by atoms with Gasteiger partial charge >= 0.3 is 80.4 Å². The van der Waals surface area contributed by atoms with Gasteiger partial charge in [-0.1, -0.05) is 0 Å². The summed E-state index contributed by atoms with van der Waals surface area (Å²) in [6.45, 7) is 24.0. The summed E-state index contributed by atoms with van der Waals surface area (Å²) < 4.78 is 0. The van der Waals surface area contributed by atoms with E-state index in [1.54, 1.807) is 0 Å². The normalized spacial score (nSPS) is 1.71. The summed E-state index contributed by atoms with van der Waals surface area (Å²) in [6, 6.07) is 0. The second-order valence-corrected chi connectivity index (χ2v) is 0. The van der Waals surface area contributed by atoms with Crippen LogP contribution in [0.3, 0.4) is 0 Å². The van der Waals surface area contributed by atoms with Crippen molar-refractivity contribution in [1.82, 2.24) is 0 Å². The average Bonchev–Trinajstić information content (AvgIpc) is 2.84. The van der Waals surface area contributed by atoms with Crippen LogP contribution in [0, 0.1) is 0 Å². The van der Waals surface area contributed by atoms with E-state index in [1.807, 2.05) is 81.5 Å². The average molecular weight is 1130 g/mol. The Bertz CT molecular complexity index is 83.6. The van der Waals surface area contributed by atoms with Crippen LogP contribution in [-0.4, -0.2) is 81.5 Å². The SMILES string of the molecule is C=O.C=O.C=O.C=O.C=O.C=O.C=O.C=O.C=O.C=O.C=O.C=O.[Ir+3].[Ir+3].[Ir+3].[Ir+3]. The first-order valence-corrected chi connectivity index (χ1v) is 3.46. The van der Waals surface area contributed by atoms with E-state index in [0.29, 0.717) is 0 Å². The van der Waals surface area contributed by atoms with Crippen molar-refractivity contribution in [3.63, 3.8) is 0 Å². The minimum absolute atomic E-state index is 0. The summed E-state index contributed by atoms with van der Waals surface area (Å²) in [5, 5.41) is 0. The maximum Gasteiger partial charge on any atom is 3.00 e. The number of hydrogen-bond acceptors (Lipinski definition) is 12. The van der Waals surface area contributed by atoms with E-state index >= 15 is 0 Å². The molecule has 0 spiro atoms. The van der Waals surface area contributed by atoms with E-state index in [-0.39, 0.29) is 80.4 Å². The molecule has 0 saturated carbocycles. The summed E-state index contributed by atoms with van der Waals surface area (Å²) in [5.74, 6) is 0. The van der Waals surface area contributed by atoms with Crippen LogP contribution in [0.2, 0.25) is 0 Å². The molecule has 168 valence electrons. The van der Waals surface area contributed by atoms with E-state index in [9.17, 15) is 0 Å². The molecule has 0 atom stereocenters. The Morgan fingerprint density at radius 2 is 0.143 bits per heavy atom. The van der Waals surface area contributed by atoms with Crippen LogP contribution in [0.25, 0.3) is 0 Å². The van der Waals surface area contributed by atoms with Crippen LogP contribution in [0.5, 0.6) is 0 Å². The summed E-state index contributed by atoms with van der Waals surface area (Å²) in [6.07, 6.45) is 0. The molecule has 0 heterocycles. The minimum atomic E-state index is 0. The zero-order chi connectivity index (χ0) is 24.0. The molecule has 0 aromatic carbocycles. The summed E-state index contributed by atoms with van der Waals surface area (Å²) in [7, 11) is 0. The van der Waals surface area contributed by atoms with Gasteiger partial charge < -0.3 is 57.5 Å². The molecular weight excluding hydrogens is 1100 g/mol. The largest absolute Gasteiger partial charge is 3.00 e. The van der Waals surface area contributed by atoms with Gasteiger partial charge in [-0.05, 0) is 0 Å². The first-order valence-electron chi connectivity index (χ1n) is 3.46. The fourth-order valence-electron chi connectivity index (χ4n) is 0. The number of carbonyl (C=O) groups excluding carboxylic acids is 12. The van der Waals surface area contributed by atoms with Gasteiger partial charge in [-0.3, -0.25) is 0 Å². The zero-order valence-corrected chi connectivity index (χ0v) is 24.3. The Morgan fingerprint density at radius 3 is 0.143 bits per heavy atom. The number of rotatable bonds is 0. The van der Waals surface area contributed by atoms with E-state index < -0.39 is 0 Å². The monoisotopic (exact) mass is 1130 g/mol. The van der Waals surface area contributed by atoms with Gasteiger partial charge in [-0.25, -0.2) is 0 Å². The smallest absolute Gasteiger partial charge is 0.307 e. The predicted octanol–water partition coefficient (Wildman–Crippen LogP) is -2.23. The van der Waals surface area contributed by atoms with Crippen LogP contribution in [-0.2, 0) is 138 Å². The zero-order valence-electron chi connectivity index (χ0n) is 14.7. The first kappa shape index (κ1) is 155. The van der Waals surface area contributed by atoms with Crippen molar-refractivity contribution >= 4 is 81.5 Å². The molecule has 0 aromatic rings. The second kappa shape index (κ2) is 8380. The molecule has 0 radical (unpaired) electrons. The second-order valence-electron chi connectivity index (χ2n) is 0. The Morgan fingerprint density at radius 1 is 0.143 bits per heavy atom. The summed E-state index contributed by atoms with van der Waals surface area (Å²) in [5.41, 5.74) is 0. The van der Waals surface area contributed by atoms with Gasteiger partial charge in [0.25, 0.3) is 0 Å². The summed E-state index contributed by atoms with van der Waals surface area (Å²) in [4.78, 5) is 96.0. The molecule has 0 fully saturated rings. The van der Waals surface area contributed by atoms with Crippen molar-refractivity contribution in [1.29, 1.82) is 0 Å². The molecule has 0 bridgehead atoms. The molecule has 0 amide bonds. The maximum atomic E-state index is 8.00. The Kier molecular flexibility index (Phi) is 46300. The standard InChI is InChI=1S/12CH2O.4Ir/c12*1-2;;;;/h12*1H2;;;;/q;;;;;;;;;;;;4*+3. The molecule has 12 nitrogen and oxygen atoms in total. The van der Waals surface area contributed by atoms with Crippen LogP contribution < -0.4 is 0 Å². The van der Waals surface area contributed by atoms with Gasteiger partial charge in [0.2, 0.25) is 0 Å². The van der Waals surface area contributed by atoms with Crippen LogP contribution in [0.4, 0.5) is 0 Å². The van der Waals surface area contributed by atoms with E-state index in [0.717, 1.165) is 0 Å². The van der Waals surface area contributed by atoms with Crippen molar-refractivity contribution < 1.29 is 138 Å². The first-order chi connectivity index (χ1) is 12.0. The molecule has 0 aromatic heterocycles.